The number of fused-ring (bicyclic) bond motifs is 1. The normalized spacial score (nSPS) is 20.0. The van der Waals surface area contributed by atoms with E-state index >= 15 is 0 Å². The van der Waals surface area contributed by atoms with E-state index in [-0.39, 0.29) is 6.04 Å². The molecule has 0 aromatic carbocycles. The van der Waals surface area contributed by atoms with Crippen molar-refractivity contribution < 1.29 is 0 Å². The fourth-order valence-electron chi connectivity index (χ4n) is 3.20. The van der Waals surface area contributed by atoms with Gasteiger partial charge in [0.2, 0.25) is 0 Å². The molecule has 5 nitrogen and oxygen atoms in total. The van der Waals surface area contributed by atoms with Crippen LogP contribution < -0.4 is 5.32 Å². The van der Waals surface area contributed by atoms with E-state index in [1.807, 2.05) is 6.92 Å². The van der Waals surface area contributed by atoms with Crippen LogP contribution in [0.15, 0.2) is 0 Å². The van der Waals surface area contributed by atoms with Gasteiger partial charge in [-0.05, 0) is 46.0 Å². The molecule has 118 valence electrons. The summed E-state index contributed by atoms with van der Waals surface area (Å²) in [6.45, 7) is 3.96. The van der Waals surface area contributed by atoms with Crippen LogP contribution in [-0.2, 0) is 6.42 Å². The second-order valence-electron chi connectivity index (χ2n) is 6.41. The topological polar surface area (TPSA) is 74.5 Å². The second-order valence-corrected chi connectivity index (χ2v) is 7.70. The Morgan fingerprint density at radius 3 is 2.74 bits per heavy atom. The van der Waals surface area contributed by atoms with Crippen molar-refractivity contribution in [2.45, 2.75) is 57.9 Å². The molecular weight excluding hydrogens is 306 g/mol. The maximum Gasteiger partial charge on any atom is 0.148 e. The van der Waals surface area contributed by atoms with E-state index in [1.165, 1.54) is 4.88 Å². The number of rotatable bonds is 3. The summed E-state index contributed by atoms with van der Waals surface area (Å²) in [6.07, 6.45) is 5.60. The minimum Gasteiger partial charge on any atom is -0.360 e. The Morgan fingerprint density at radius 2 is 2.00 bits per heavy atom. The predicted octanol–water partition coefficient (Wildman–Crippen LogP) is 3.79. The molecule has 0 aliphatic heterocycles. The summed E-state index contributed by atoms with van der Waals surface area (Å²) in [4.78, 5) is 15.3. The fourth-order valence-corrected chi connectivity index (χ4v) is 4.24. The molecule has 2 aromatic rings. The Bertz CT molecular complexity index is 800. The molecule has 1 unspecified atom stereocenters. The molecule has 2 aliphatic rings. The number of aryl methyl sites for hydroxylation is 3. The van der Waals surface area contributed by atoms with Gasteiger partial charge in [0.15, 0.2) is 0 Å². The molecule has 2 heterocycles. The number of nitrogens with one attached hydrogen (secondary N) is 1. The molecule has 0 radical (unpaired) electrons. The summed E-state index contributed by atoms with van der Waals surface area (Å²) in [6, 6.07) is 2.41. The Kier molecular flexibility index (Phi) is 3.53. The number of anilines is 1. The Morgan fingerprint density at radius 1 is 1.17 bits per heavy atom. The monoisotopic (exact) mass is 325 g/mol. The van der Waals surface area contributed by atoms with Crippen LogP contribution in [0.3, 0.4) is 0 Å². The van der Waals surface area contributed by atoms with Crippen LogP contribution in [0.4, 0.5) is 5.82 Å². The van der Waals surface area contributed by atoms with Crippen molar-refractivity contribution >= 4 is 17.2 Å². The quantitative estimate of drug-likeness (QED) is 0.929. The Labute approximate surface area is 139 Å². The van der Waals surface area contributed by atoms with Gasteiger partial charge in [-0.15, -0.1) is 11.3 Å². The summed E-state index contributed by atoms with van der Waals surface area (Å²) in [5, 5.41) is 14.1. The van der Waals surface area contributed by atoms with E-state index in [4.69, 9.17) is 4.98 Å². The largest absolute Gasteiger partial charge is 0.360 e. The number of nitrogens with zero attached hydrogens (tertiary/aromatic N) is 4. The standard InChI is InChI=1S/C17H19N5S/c1-9-12(8-18)17(22-16(19-9)11-6-7-11)21-13-4-3-5-14-15(13)20-10(2)23-14/h11,13H,3-7H2,1-2H3,(H,19,21,22). The lowest BCUT2D eigenvalue weighted by molar-refractivity contribution is 0.590. The fraction of sp³-hybridized carbons (Fsp3) is 0.529. The van der Waals surface area contributed by atoms with E-state index in [0.29, 0.717) is 17.3 Å². The third kappa shape index (κ3) is 2.70. The first-order chi connectivity index (χ1) is 11.2. The zero-order valence-corrected chi connectivity index (χ0v) is 14.2. The minimum absolute atomic E-state index is 0.150. The van der Waals surface area contributed by atoms with Gasteiger partial charge in [0, 0.05) is 10.8 Å². The number of nitriles is 1. The summed E-state index contributed by atoms with van der Waals surface area (Å²) in [7, 11) is 0. The molecule has 1 saturated carbocycles. The maximum atomic E-state index is 9.49. The highest BCUT2D eigenvalue weighted by molar-refractivity contribution is 7.11. The van der Waals surface area contributed by atoms with Crippen molar-refractivity contribution in [2.24, 2.45) is 0 Å². The van der Waals surface area contributed by atoms with Gasteiger partial charge >= 0.3 is 0 Å². The highest BCUT2D eigenvalue weighted by Gasteiger charge is 2.30. The smallest absolute Gasteiger partial charge is 0.148 e. The molecule has 2 aliphatic carbocycles. The van der Waals surface area contributed by atoms with Gasteiger partial charge in [0.1, 0.15) is 23.3 Å². The molecule has 1 N–H and O–H groups in total. The van der Waals surface area contributed by atoms with Crippen LogP contribution in [0, 0.1) is 25.2 Å². The van der Waals surface area contributed by atoms with Crippen molar-refractivity contribution in [2.75, 3.05) is 5.32 Å². The number of hydrogen-bond donors (Lipinski definition) is 1. The Balaban J connectivity index is 1.70. The third-order valence-electron chi connectivity index (χ3n) is 4.53. The molecular formula is C17H19N5S. The number of thiazole rings is 1. The van der Waals surface area contributed by atoms with Crippen LogP contribution in [0.25, 0.3) is 0 Å². The van der Waals surface area contributed by atoms with Gasteiger partial charge in [0.05, 0.1) is 22.4 Å². The molecule has 0 saturated heterocycles. The van der Waals surface area contributed by atoms with Crippen molar-refractivity contribution in [3.63, 3.8) is 0 Å². The molecule has 1 atom stereocenters. The summed E-state index contributed by atoms with van der Waals surface area (Å²) < 4.78 is 0. The van der Waals surface area contributed by atoms with Gasteiger partial charge in [0.25, 0.3) is 0 Å². The lowest BCUT2D eigenvalue weighted by atomic mass is 9.97. The highest BCUT2D eigenvalue weighted by atomic mass is 32.1. The summed E-state index contributed by atoms with van der Waals surface area (Å²) in [5.41, 5.74) is 2.48. The van der Waals surface area contributed by atoms with E-state index in [1.54, 1.807) is 11.3 Å². The molecule has 6 heteroatoms. The maximum absolute atomic E-state index is 9.49. The van der Waals surface area contributed by atoms with Crippen molar-refractivity contribution in [1.29, 1.82) is 5.26 Å². The van der Waals surface area contributed by atoms with Gasteiger partial charge in [-0.25, -0.2) is 15.0 Å². The van der Waals surface area contributed by atoms with Gasteiger partial charge in [-0.3, -0.25) is 0 Å². The van der Waals surface area contributed by atoms with E-state index in [9.17, 15) is 5.26 Å². The molecule has 0 amide bonds. The van der Waals surface area contributed by atoms with Crippen LogP contribution in [0.1, 0.15) is 70.3 Å². The lowest BCUT2D eigenvalue weighted by Crippen LogP contribution is -2.19. The molecule has 0 bridgehead atoms. The van der Waals surface area contributed by atoms with Gasteiger partial charge in [-0.1, -0.05) is 0 Å². The van der Waals surface area contributed by atoms with Crippen LogP contribution in [0.5, 0.6) is 0 Å². The predicted molar refractivity (Wildman–Crippen MR) is 89.6 cm³/mol. The molecule has 4 rings (SSSR count). The molecule has 1 fully saturated rings. The van der Waals surface area contributed by atoms with Crippen molar-refractivity contribution in [3.8, 4) is 6.07 Å². The molecule has 2 aromatic heterocycles. The van der Waals surface area contributed by atoms with Gasteiger partial charge in [-0.2, -0.15) is 5.26 Å². The summed E-state index contributed by atoms with van der Waals surface area (Å²) >= 11 is 1.79. The third-order valence-corrected chi connectivity index (χ3v) is 5.58. The van der Waals surface area contributed by atoms with Gasteiger partial charge < -0.3 is 5.32 Å². The summed E-state index contributed by atoms with van der Waals surface area (Å²) in [5.74, 6) is 2.05. The van der Waals surface area contributed by atoms with E-state index in [0.717, 1.165) is 54.3 Å². The first-order valence-electron chi connectivity index (χ1n) is 8.17. The average molecular weight is 325 g/mol. The second kappa shape index (κ2) is 5.57. The van der Waals surface area contributed by atoms with Crippen LogP contribution >= 0.6 is 11.3 Å². The first kappa shape index (κ1) is 14.6. The van der Waals surface area contributed by atoms with Crippen LogP contribution in [0.2, 0.25) is 0 Å². The highest BCUT2D eigenvalue weighted by Crippen LogP contribution is 2.40. The zero-order chi connectivity index (χ0) is 16.0. The Hall–Kier alpha value is -2.00. The molecule has 23 heavy (non-hydrogen) atoms. The van der Waals surface area contributed by atoms with E-state index < -0.39 is 0 Å². The van der Waals surface area contributed by atoms with Crippen LogP contribution in [-0.4, -0.2) is 15.0 Å². The lowest BCUT2D eigenvalue weighted by Gasteiger charge is -2.23. The minimum atomic E-state index is 0.150. The molecule has 0 spiro atoms. The van der Waals surface area contributed by atoms with E-state index in [2.05, 4.69) is 28.3 Å². The zero-order valence-electron chi connectivity index (χ0n) is 13.4. The first-order valence-corrected chi connectivity index (χ1v) is 8.98. The average Bonchev–Trinajstić information content (AvgIpc) is 3.29. The van der Waals surface area contributed by atoms with Crippen molar-refractivity contribution in [1.82, 2.24) is 15.0 Å². The number of hydrogen-bond acceptors (Lipinski definition) is 6. The van der Waals surface area contributed by atoms with Crippen molar-refractivity contribution in [3.05, 3.63) is 32.7 Å². The SMILES string of the molecule is Cc1nc2c(s1)CCCC2Nc1nc(C2CC2)nc(C)c1C#N. The number of aromatic nitrogens is 3.